The Labute approximate surface area is 148 Å². The van der Waals surface area contributed by atoms with Gasteiger partial charge < -0.3 is 14.8 Å². The fourth-order valence-corrected chi connectivity index (χ4v) is 2.93. The molecule has 2 aromatic rings. The standard InChI is InChI=1S/C18H18FNO4S/c1-12(21)4-9-17(23)24-11-16(22)20-18(15-3-2-10-25-15)13-5-7-14(19)8-6-13/h2-3,5-8,10,18H,4,9,11H2,1H3,(H,20,22)/t18-/m1/s1. The van der Waals surface area contributed by atoms with E-state index in [1.807, 2.05) is 17.5 Å². The normalized spacial score (nSPS) is 11.6. The summed E-state index contributed by atoms with van der Waals surface area (Å²) in [5, 5.41) is 4.66. The van der Waals surface area contributed by atoms with E-state index >= 15 is 0 Å². The number of ketones is 1. The topological polar surface area (TPSA) is 72.5 Å². The van der Waals surface area contributed by atoms with E-state index in [9.17, 15) is 18.8 Å². The van der Waals surface area contributed by atoms with Gasteiger partial charge in [0.05, 0.1) is 12.5 Å². The van der Waals surface area contributed by atoms with E-state index in [1.165, 1.54) is 30.4 Å². The first kappa shape index (κ1) is 18.8. The Morgan fingerprint density at radius 3 is 2.48 bits per heavy atom. The molecule has 1 amide bonds. The van der Waals surface area contributed by atoms with Crippen LogP contribution in [0.3, 0.4) is 0 Å². The molecule has 0 saturated carbocycles. The molecule has 7 heteroatoms. The molecule has 1 aromatic heterocycles. The number of Topliss-reactive ketones (excluding diaryl/α,β-unsaturated/α-hetero) is 1. The van der Waals surface area contributed by atoms with Crippen molar-refractivity contribution < 1.29 is 23.5 Å². The second-order valence-electron chi connectivity index (χ2n) is 5.43. The molecule has 0 unspecified atom stereocenters. The van der Waals surface area contributed by atoms with Crippen molar-refractivity contribution >= 4 is 29.0 Å². The first-order valence-corrected chi connectivity index (χ1v) is 8.57. The molecule has 25 heavy (non-hydrogen) atoms. The zero-order valence-corrected chi connectivity index (χ0v) is 14.5. The van der Waals surface area contributed by atoms with E-state index in [0.29, 0.717) is 0 Å². The molecule has 1 aromatic carbocycles. The second-order valence-corrected chi connectivity index (χ2v) is 6.41. The maximum atomic E-state index is 13.1. The molecule has 5 nitrogen and oxygen atoms in total. The Hall–Kier alpha value is -2.54. The van der Waals surface area contributed by atoms with Crippen LogP contribution in [-0.4, -0.2) is 24.3 Å². The highest BCUT2D eigenvalue weighted by atomic mass is 32.1. The van der Waals surface area contributed by atoms with Crippen LogP contribution in [0.15, 0.2) is 41.8 Å². The molecule has 0 aliphatic heterocycles. The second kappa shape index (κ2) is 9.08. The Bertz CT molecular complexity index is 728. The first-order chi connectivity index (χ1) is 12.0. The van der Waals surface area contributed by atoms with Gasteiger partial charge in [-0.1, -0.05) is 18.2 Å². The number of nitrogens with one attached hydrogen (secondary N) is 1. The third-order valence-corrected chi connectivity index (χ3v) is 4.32. The van der Waals surface area contributed by atoms with Crippen LogP contribution in [0.2, 0.25) is 0 Å². The van der Waals surface area contributed by atoms with Gasteiger partial charge in [-0.05, 0) is 36.1 Å². The van der Waals surface area contributed by atoms with Gasteiger partial charge in [0.2, 0.25) is 0 Å². The van der Waals surface area contributed by atoms with Crippen LogP contribution in [-0.2, 0) is 19.1 Å². The van der Waals surface area contributed by atoms with Crippen molar-refractivity contribution in [2.24, 2.45) is 0 Å². The van der Waals surface area contributed by atoms with Gasteiger partial charge in [0.1, 0.15) is 11.6 Å². The Morgan fingerprint density at radius 2 is 1.88 bits per heavy atom. The van der Waals surface area contributed by atoms with Crippen LogP contribution in [0.1, 0.15) is 36.2 Å². The minimum absolute atomic E-state index is 0.0467. The lowest BCUT2D eigenvalue weighted by atomic mass is 10.1. The van der Waals surface area contributed by atoms with Gasteiger partial charge >= 0.3 is 5.97 Å². The number of hydrogen-bond donors (Lipinski definition) is 1. The largest absolute Gasteiger partial charge is 0.456 e. The molecular weight excluding hydrogens is 345 g/mol. The number of halogens is 1. The predicted octanol–water partition coefficient (Wildman–Crippen LogP) is 3.01. The molecule has 1 N–H and O–H groups in total. The number of benzene rings is 1. The first-order valence-electron chi connectivity index (χ1n) is 7.69. The smallest absolute Gasteiger partial charge is 0.306 e. The SMILES string of the molecule is CC(=O)CCC(=O)OCC(=O)N[C@H](c1ccc(F)cc1)c1cccs1. The van der Waals surface area contributed by atoms with Crippen molar-refractivity contribution in [2.45, 2.75) is 25.8 Å². The third kappa shape index (κ3) is 6.11. The lowest BCUT2D eigenvalue weighted by molar-refractivity contribution is -0.149. The van der Waals surface area contributed by atoms with Crippen LogP contribution >= 0.6 is 11.3 Å². The Kier molecular flexibility index (Phi) is 6.82. The van der Waals surface area contributed by atoms with E-state index in [4.69, 9.17) is 4.74 Å². The molecule has 0 spiro atoms. The summed E-state index contributed by atoms with van der Waals surface area (Å²) in [6.45, 7) is 0.952. The van der Waals surface area contributed by atoms with Crippen LogP contribution in [0.5, 0.6) is 0 Å². The van der Waals surface area contributed by atoms with Gasteiger partial charge in [0.25, 0.3) is 5.91 Å². The highest BCUT2D eigenvalue weighted by molar-refractivity contribution is 7.10. The predicted molar refractivity (Wildman–Crippen MR) is 91.6 cm³/mol. The van der Waals surface area contributed by atoms with Gasteiger partial charge in [-0.3, -0.25) is 9.59 Å². The molecule has 0 aliphatic rings. The van der Waals surface area contributed by atoms with Crippen LogP contribution in [0, 0.1) is 5.82 Å². The Morgan fingerprint density at radius 1 is 1.16 bits per heavy atom. The zero-order valence-electron chi connectivity index (χ0n) is 13.7. The van der Waals surface area contributed by atoms with E-state index in [2.05, 4.69) is 5.32 Å². The molecule has 1 heterocycles. The fraction of sp³-hybridized carbons (Fsp3) is 0.278. The van der Waals surface area contributed by atoms with Crippen LogP contribution in [0.25, 0.3) is 0 Å². The van der Waals surface area contributed by atoms with E-state index in [-0.39, 0.29) is 24.4 Å². The van der Waals surface area contributed by atoms with Crippen molar-refractivity contribution in [3.05, 3.63) is 58.0 Å². The van der Waals surface area contributed by atoms with E-state index in [1.54, 1.807) is 12.1 Å². The lowest BCUT2D eigenvalue weighted by Crippen LogP contribution is -2.32. The van der Waals surface area contributed by atoms with Crippen molar-refractivity contribution in [3.8, 4) is 0 Å². The molecular formula is C18H18FNO4S. The summed E-state index contributed by atoms with van der Waals surface area (Å²) in [6, 6.07) is 9.09. The number of carbonyl (C=O) groups is 3. The Balaban J connectivity index is 1.97. The van der Waals surface area contributed by atoms with Gasteiger partial charge in [-0.2, -0.15) is 0 Å². The maximum absolute atomic E-state index is 13.1. The molecule has 0 aliphatic carbocycles. The summed E-state index contributed by atoms with van der Waals surface area (Å²) < 4.78 is 18.0. The molecule has 2 rings (SSSR count). The van der Waals surface area contributed by atoms with Crippen molar-refractivity contribution in [1.29, 1.82) is 0 Å². The summed E-state index contributed by atoms with van der Waals surface area (Å²) in [6.07, 6.45) is 0.0444. The fourth-order valence-electron chi connectivity index (χ4n) is 2.13. The van der Waals surface area contributed by atoms with Gasteiger partial charge in [-0.25, -0.2) is 4.39 Å². The van der Waals surface area contributed by atoms with Gasteiger partial charge in [-0.15, -0.1) is 11.3 Å². The molecule has 0 bridgehead atoms. The summed E-state index contributed by atoms with van der Waals surface area (Å²) in [5.41, 5.74) is 0.722. The summed E-state index contributed by atoms with van der Waals surface area (Å²) in [5.74, 6) is -1.55. The van der Waals surface area contributed by atoms with Gasteiger partial charge in [0.15, 0.2) is 6.61 Å². The number of ether oxygens (including phenoxy) is 1. The number of thiophene rings is 1. The van der Waals surface area contributed by atoms with Crippen LogP contribution in [0.4, 0.5) is 4.39 Å². The molecule has 0 radical (unpaired) electrons. The van der Waals surface area contributed by atoms with Crippen molar-refractivity contribution in [3.63, 3.8) is 0 Å². The molecule has 0 saturated heterocycles. The third-order valence-electron chi connectivity index (χ3n) is 3.38. The highest BCUT2D eigenvalue weighted by Gasteiger charge is 2.19. The maximum Gasteiger partial charge on any atom is 0.306 e. The van der Waals surface area contributed by atoms with Crippen molar-refractivity contribution in [2.75, 3.05) is 6.61 Å². The number of amides is 1. The quantitative estimate of drug-likeness (QED) is 0.732. The van der Waals surface area contributed by atoms with Crippen molar-refractivity contribution in [1.82, 2.24) is 5.32 Å². The lowest BCUT2D eigenvalue weighted by Gasteiger charge is -2.18. The zero-order chi connectivity index (χ0) is 18.2. The van der Waals surface area contributed by atoms with Gasteiger partial charge in [0, 0.05) is 11.3 Å². The summed E-state index contributed by atoms with van der Waals surface area (Å²) >= 11 is 1.45. The summed E-state index contributed by atoms with van der Waals surface area (Å²) in [4.78, 5) is 35.3. The highest BCUT2D eigenvalue weighted by Crippen LogP contribution is 2.26. The van der Waals surface area contributed by atoms with E-state index < -0.39 is 24.5 Å². The molecule has 0 fully saturated rings. The van der Waals surface area contributed by atoms with E-state index in [0.717, 1.165) is 10.4 Å². The molecule has 132 valence electrons. The summed E-state index contributed by atoms with van der Waals surface area (Å²) in [7, 11) is 0. The van der Waals surface area contributed by atoms with Crippen LogP contribution < -0.4 is 5.32 Å². The average molecular weight is 363 g/mol. The number of hydrogen-bond acceptors (Lipinski definition) is 5. The molecule has 1 atom stereocenters. The average Bonchev–Trinajstić information content (AvgIpc) is 3.11. The number of esters is 1. The minimum atomic E-state index is -0.597. The number of rotatable bonds is 8. The minimum Gasteiger partial charge on any atom is -0.456 e. The monoisotopic (exact) mass is 363 g/mol. The number of carbonyl (C=O) groups excluding carboxylic acids is 3.